The van der Waals surface area contributed by atoms with Gasteiger partial charge < -0.3 is 15.8 Å². The Balaban J connectivity index is 2.11. The first-order valence-electron chi connectivity index (χ1n) is 6.19. The molecule has 94 valence electrons. The minimum Gasteiger partial charge on any atom is -0.377 e. The van der Waals surface area contributed by atoms with E-state index in [4.69, 9.17) is 10.5 Å². The number of carbonyl (C=O) groups is 1. The Morgan fingerprint density at radius 2 is 2.06 bits per heavy atom. The molecule has 3 N–H and O–H groups in total. The molecular weight excluding hydrogens is 204 g/mol. The van der Waals surface area contributed by atoms with Crippen LogP contribution in [0.2, 0.25) is 0 Å². The van der Waals surface area contributed by atoms with E-state index in [1.54, 1.807) is 0 Å². The molecule has 1 fully saturated rings. The summed E-state index contributed by atoms with van der Waals surface area (Å²) in [5.41, 5.74) is 5.87. The summed E-state index contributed by atoms with van der Waals surface area (Å²) in [7, 11) is 0. The highest BCUT2D eigenvalue weighted by molar-refractivity contribution is 5.77. The molecule has 1 amide bonds. The lowest BCUT2D eigenvalue weighted by Crippen LogP contribution is -2.42. The second kappa shape index (κ2) is 6.21. The van der Waals surface area contributed by atoms with Gasteiger partial charge in [-0.2, -0.15) is 0 Å². The van der Waals surface area contributed by atoms with Crippen LogP contribution < -0.4 is 11.1 Å². The van der Waals surface area contributed by atoms with Crippen molar-refractivity contribution in [2.45, 2.75) is 57.6 Å². The van der Waals surface area contributed by atoms with Crippen molar-refractivity contribution in [1.29, 1.82) is 0 Å². The lowest BCUT2D eigenvalue weighted by atomic mass is 9.94. The number of rotatable bonds is 6. The minimum absolute atomic E-state index is 0.0526. The van der Waals surface area contributed by atoms with Crippen molar-refractivity contribution < 1.29 is 9.53 Å². The van der Waals surface area contributed by atoms with Crippen molar-refractivity contribution in [3.05, 3.63) is 0 Å². The normalized spacial score (nSPS) is 19.0. The van der Waals surface area contributed by atoms with Crippen LogP contribution in [0.5, 0.6) is 0 Å². The van der Waals surface area contributed by atoms with Gasteiger partial charge in [-0.1, -0.05) is 12.8 Å². The highest BCUT2D eigenvalue weighted by Crippen LogP contribution is 2.29. The van der Waals surface area contributed by atoms with Crippen LogP contribution in [0.4, 0.5) is 0 Å². The van der Waals surface area contributed by atoms with Gasteiger partial charge in [0.25, 0.3) is 0 Å². The molecule has 0 aromatic heterocycles. The summed E-state index contributed by atoms with van der Waals surface area (Å²) in [6.07, 6.45) is 4.92. The molecule has 16 heavy (non-hydrogen) atoms. The van der Waals surface area contributed by atoms with E-state index >= 15 is 0 Å². The Morgan fingerprint density at radius 1 is 1.44 bits per heavy atom. The molecule has 0 aromatic rings. The Kier molecular flexibility index (Phi) is 5.22. The Hall–Kier alpha value is -0.610. The monoisotopic (exact) mass is 228 g/mol. The highest BCUT2D eigenvalue weighted by atomic mass is 16.5. The third kappa shape index (κ3) is 4.94. The topological polar surface area (TPSA) is 64.3 Å². The van der Waals surface area contributed by atoms with Crippen molar-refractivity contribution in [2.24, 2.45) is 5.73 Å². The van der Waals surface area contributed by atoms with Crippen LogP contribution in [0.15, 0.2) is 0 Å². The zero-order valence-electron chi connectivity index (χ0n) is 10.4. The Labute approximate surface area is 97.9 Å². The van der Waals surface area contributed by atoms with Gasteiger partial charge in [-0.3, -0.25) is 4.79 Å². The van der Waals surface area contributed by atoms with E-state index in [2.05, 4.69) is 5.32 Å². The zero-order chi connectivity index (χ0) is 12.0. The molecule has 4 nitrogen and oxygen atoms in total. The molecule has 1 saturated carbocycles. The van der Waals surface area contributed by atoms with Crippen molar-refractivity contribution in [3.8, 4) is 0 Å². The maximum atomic E-state index is 11.6. The molecule has 0 saturated heterocycles. The lowest BCUT2D eigenvalue weighted by molar-refractivity contribution is -0.122. The highest BCUT2D eigenvalue weighted by Gasteiger charge is 2.31. The zero-order valence-corrected chi connectivity index (χ0v) is 10.4. The molecule has 0 bridgehead atoms. The lowest BCUT2D eigenvalue weighted by Gasteiger charge is -2.22. The molecule has 0 aliphatic heterocycles. The fourth-order valence-corrected chi connectivity index (χ4v) is 2.12. The standard InChI is InChI=1S/C12H24N2O2/c1-10(2)16-8-7-14-11(15)9-12(13)5-3-4-6-12/h10H,3-9,13H2,1-2H3,(H,14,15). The second-order valence-electron chi connectivity index (χ2n) is 5.02. The fraction of sp³-hybridized carbons (Fsp3) is 0.917. The molecule has 1 rings (SSSR count). The van der Waals surface area contributed by atoms with Crippen molar-refractivity contribution >= 4 is 5.91 Å². The van der Waals surface area contributed by atoms with Crippen LogP contribution in [-0.4, -0.2) is 30.7 Å². The number of amides is 1. The quantitative estimate of drug-likeness (QED) is 0.671. The summed E-state index contributed by atoms with van der Waals surface area (Å²) in [6.45, 7) is 5.11. The van der Waals surface area contributed by atoms with E-state index in [9.17, 15) is 4.79 Å². The molecule has 0 atom stereocenters. The van der Waals surface area contributed by atoms with Gasteiger partial charge in [-0.25, -0.2) is 0 Å². The van der Waals surface area contributed by atoms with E-state index in [1.807, 2.05) is 13.8 Å². The molecule has 0 radical (unpaired) electrons. The Morgan fingerprint density at radius 3 is 2.62 bits per heavy atom. The van der Waals surface area contributed by atoms with E-state index < -0.39 is 0 Å². The van der Waals surface area contributed by atoms with Gasteiger partial charge in [0.2, 0.25) is 5.91 Å². The van der Waals surface area contributed by atoms with Gasteiger partial charge in [0.15, 0.2) is 0 Å². The SMILES string of the molecule is CC(C)OCCNC(=O)CC1(N)CCCC1. The summed E-state index contributed by atoms with van der Waals surface area (Å²) in [5, 5.41) is 2.85. The van der Waals surface area contributed by atoms with Gasteiger partial charge in [-0.15, -0.1) is 0 Å². The van der Waals surface area contributed by atoms with Crippen molar-refractivity contribution in [2.75, 3.05) is 13.2 Å². The van der Waals surface area contributed by atoms with Gasteiger partial charge in [0, 0.05) is 18.5 Å². The second-order valence-corrected chi connectivity index (χ2v) is 5.02. The maximum absolute atomic E-state index is 11.6. The van der Waals surface area contributed by atoms with Gasteiger partial charge in [-0.05, 0) is 26.7 Å². The smallest absolute Gasteiger partial charge is 0.221 e. The van der Waals surface area contributed by atoms with Crippen molar-refractivity contribution in [3.63, 3.8) is 0 Å². The van der Waals surface area contributed by atoms with E-state index in [0.717, 1.165) is 25.7 Å². The molecule has 4 heteroatoms. The van der Waals surface area contributed by atoms with E-state index in [1.165, 1.54) is 0 Å². The van der Waals surface area contributed by atoms with E-state index in [-0.39, 0.29) is 17.6 Å². The number of carbonyl (C=O) groups excluding carboxylic acids is 1. The molecule has 0 aromatic carbocycles. The fourth-order valence-electron chi connectivity index (χ4n) is 2.12. The largest absolute Gasteiger partial charge is 0.377 e. The minimum atomic E-state index is -0.247. The van der Waals surface area contributed by atoms with Gasteiger partial charge in [0.1, 0.15) is 0 Å². The van der Waals surface area contributed by atoms with Crippen LogP contribution in [0, 0.1) is 0 Å². The summed E-state index contributed by atoms with van der Waals surface area (Å²) in [5.74, 6) is 0.0526. The predicted octanol–water partition coefficient (Wildman–Crippen LogP) is 1.19. The first-order valence-corrected chi connectivity index (χ1v) is 6.19. The number of nitrogens with two attached hydrogens (primary N) is 1. The predicted molar refractivity (Wildman–Crippen MR) is 64.1 cm³/mol. The number of hydrogen-bond acceptors (Lipinski definition) is 3. The first kappa shape index (κ1) is 13.5. The molecular formula is C12H24N2O2. The van der Waals surface area contributed by atoms with Crippen LogP contribution in [-0.2, 0) is 9.53 Å². The molecule has 1 aliphatic rings. The number of ether oxygens (including phenoxy) is 1. The van der Waals surface area contributed by atoms with Gasteiger partial charge in [0.05, 0.1) is 12.7 Å². The van der Waals surface area contributed by atoms with Crippen LogP contribution >= 0.6 is 0 Å². The average Bonchev–Trinajstić information content (AvgIpc) is 2.59. The summed E-state index contributed by atoms with van der Waals surface area (Å²) < 4.78 is 5.34. The van der Waals surface area contributed by atoms with Crippen LogP contribution in [0.25, 0.3) is 0 Å². The summed E-state index contributed by atoms with van der Waals surface area (Å²) in [4.78, 5) is 11.6. The van der Waals surface area contributed by atoms with Crippen LogP contribution in [0.3, 0.4) is 0 Å². The van der Waals surface area contributed by atoms with Gasteiger partial charge >= 0.3 is 0 Å². The Bertz CT molecular complexity index is 223. The van der Waals surface area contributed by atoms with E-state index in [0.29, 0.717) is 19.6 Å². The molecule has 0 unspecified atom stereocenters. The molecule has 1 aliphatic carbocycles. The summed E-state index contributed by atoms with van der Waals surface area (Å²) in [6, 6.07) is 0. The molecule has 0 spiro atoms. The summed E-state index contributed by atoms with van der Waals surface area (Å²) >= 11 is 0. The van der Waals surface area contributed by atoms with Crippen molar-refractivity contribution in [1.82, 2.24) is 5.32 Å². The average molecular weight is 228 g/mol. The number of nitrogens with one attached hydrogen (secondary N) is 1. The third-order valence-electron chi connectivity index (χ3n) is 2.99. The van der Waals surface area contributed by atoms with Crippen LogP contribution in [0.1, 0.15) is 46.0 Å². The third-order valence-corrected chi connectivity index (χ3v) is 2.99. The maximum Gasteiger partial charge on any atom is 0.221 e. The number of hydrogen-bond donors (Lipinski definition) is 2. The first-order chi connectivity index (χ1) is 7.52. The molecule has 0 heterocycles.